The third-order valence-corrected chi connectivity index (χ3v) is 4.19. The Balaban J connectivity index is 2.76. The van der Waals surface area contributed by atoms with Crippen LogP contribution in [0.15, 0.2) is 30.3 Å². The smallest absolute Gasteiger partial charge is 0.112 e. The highest BCUT2D eigenvalue weighted by atomic mass is 16.3. The van der Waals surface area contributed by atoms with E-state index in [9.17, 15) is 5.11 Å². The topological polar surface area (TPSA) is 72.3 Å². The second-order valence-electron chi connectivity index (χ2n) is 5.52. The zero-order chi connectivity index (χ0) is 15.1. The number of benzene rings is 2. The van der Waals surface area contributed by atoms with Gasteiger partial charge in [0.25, 0.3) is 0 Å². The summed E-state index contributed by atoms with van der Waals surface area (Å²) in [5.74, 6) is 0. The zero-order valence-electron chi connectivity index (χ0n) is 12.5. The maximum Gasteiger partial charge on any atom is 0.112 e. The third kappa shape index (κ3) is 2.04. The molecule has 2 aromatic carbocycles. The van der Waals surface area contributed by atoms with E-state index >= 15 is 0 Å². The van der Waals surface area contributed by atoms with Gasteiger partial charge in [0.1, 0.15) is 5.60 Å². The highest BCUT2D eigenvalue weighted by Gasteiger charge is 2.31. The Hall–Kier alpha value is -2.00. The average Bonchev–Trinajstić information content (AvgIpc) is 2.44. The Kier molecular flexibility index (Phi) is 3.48. The summed E-state index contributed by atoms with van der Waals surface area (Å²) in [6, 6.07) is 9.57. The standard InChI is InChI=1S/C17H22N2O/c1-10-14(11(2)16(19)12(3)15(10)18)17(4,20)13-8-6-5-7-9-13/h5-9,20H,18-19H2,1-4H3. The summed E-state index contributed by atoms with van der Waals surface area (Å²) >= 11 is 0. The van der Waals surface area contributed by atoms with Crippen molar-refractivity contribution in [2.24, 2.45) is 0 Å². The first-order chi connectivity index (χ1) is 9.28. The van der Waals surface area contributed by atoms with Crippen LogP contribution in [-0.2, 0) is 5.60 Å². The van der Waals surface area contributed by atoms with Crippen molar-refractivity contribution in [3.05, 3.63) is 58.1 Å². The molecule has 0 amide bonds. The van der Waals surface area contributed by atoms with E-state index in [0.717, 1.165) is 27.8 Å². The monoisotopic (exact) mass is 270 g/mol. The minimum atomic E-state index is -1.12. The van der Waals surface area contributed by atoms with Gasteiger partial charge in [0, 0.05) is 11.4 Å². The minimum Gasteiger partial charge on any atom is -0.398 e. The molecule has 2 aromatic rings. The van der Waals surface area contributed by atoms with Gasteiger partial charge in [0.2, 0.25) is 0 Å². The Bertz CT molecular complexity index is 617. The first-order valence-electron chi connectivity index (χ1n) is 6.71. The molecule has 0 heterocycles. The fourth-order valence-corrected chi connectivity index (χ4v) is 2.90. The summed E-state index contributed by atoms with van der Waals surface area (Å²) < 4.78 is 0. The SMILES string of the molecule is Cc1c(N)c(C)c(C(C)(O)c2ccccc2)c(C)c1N. The van der Waals surface area contributed by atoms with Crippen molar-refractivity contribution in [2.75, 3.05) is 11.5 Å². The second-order valence-corrected chi connectivity index (χ2v) is 5.52. The van der Waals surface area contributed by atoms with E-state index < -0.39 is 5.60 Å². The maximum atomic E-state index is 11.0. The van der Waals surface area contributed by atoms with Crippen molar-refractivity contribution in [2.45, 2.75) is 33.3 Å². The lowest BCUT2D eigenvalue weighted by atomic mass is 9.81. The lowest BCUT2D eigenvalue weighted by Gasteiger charge is -2.30. The number of rotatable bonds is 2. The molecule has 1 unspecified atom stereocenters. The van der Waals surface area contributed by atoms with E-state index in [2.05, 4.69) is 0 Å². The van der Waals surface area contributed by atoms with Gasteiger partial charge in [0.15, 0.2) is 0 Å². The molecule has 0 saturated heterocycles. The van der Waals surface area contributed by atoms with Crippen molar-refractivity contribution < 1.29 is 5.11 Å². The fraction of sp³-hybridized carbons (Fsp3) is 0.294. The summed E-state index contributed by atoms with van der Waals surface area (Å²) in [4.78, 5) is 0. The zero-order valence-corrected chi connectivity index (χ0v) is 12.5. The van der Waals surface area contributed by atoms with E-state index in [0.29, 0.717) is 11.4 Å². The molecule has 0 aliphatic rings. The number of aliphatic hydroxyl groups is 1. The Morgan fingerprint density at radius 1 is 0.850 bits per heavy atom. The minimum absolute atomic E-state index is 0.652. The van der Waals surface area contributed by atoms with E-state index in [4.69, 9.17) is 11.5 Å². The van der Waals surface area contributed by atoms with Crippen LogP contribution in [0.3, 0.4) is 0 Å². The van der Waals surface area contributed by atoms with Gasteiger partial charge < -0.3 is 16.6 Å². The first kappa shape index (κ1) is 14.4. The number of anilines is 2. The molecule has 0 spiro atoms. The van der Waals surface area contributed by atoms with Gasteiger partial charge in [-0.15, -0.1) is 0 Å². The summed E-state index contributed by atoms with van der Waals surface area (Å²) in [7, 11) is 0. The summed E-state index contributed by atoms with van der Waals surface area (Å²) in [6.07, 6.45) is 0. The lowest BCUT2D eigenvalue weighted by molar-refractivity contribution is 0.101. The Labute approximate surface area is 120 Å². The maximum absolute atomic E-state index is 11.0. The predicted molar refractivity (Wildman–Crippen MR) is 84.6 cm³/mol. The van der Waals surface area contributed by atoms with Gasteiger partial charge in [-0.25, -0.2) is 0 Å². The largest absolute Gasteiger partial charge is 0.398 e. The van der Waals surface area contributed by atoms with E-state index in [1.165, 1.54) is 0 Å². The second kappa shape index (κ2) is 4.84. The average molecular weight is 270 g/mol. The molecule has 1 atom stereocenters. The Morgan fingerprint density at radius 3 is 1.75 bits per heavy atom. The fourth-order valence-electron chi connectivity index (χ4n) is 2.90. The number of nitrogen functional groups attached to an aromatic ring is 2. The highest BCUT2D eigenvalue weighted by molar-refractivity contribution is 5.72. The van der Waals surface area contributed by atoms with Crippen molar-refractivity contribution in [1.29, 1.82) is 0 Å². The molecular weight excluding hydrogens is 248 g/mol. The number of hydrogen-bond acceptors (Lipinski definition) is 3. The molecular formula is C17H22N2O. The third-order valence-electron chi connectivity index (χ3n) is 4.19. The van der Waals surface area contributed by atoms with Gasteiger partial charge >= 0.3 is 0 Å². The molecule has 5 N–H and O–H groups in total. The normalized spacial score (nSPS) is 14.1. The van der Waals surface area contributed by atoms with Crippen molar-refractivity contribution in [3.8, 4) is 0 Å². The van der Waals surface area contributed by atoms with Crippen LogP contribution >= 0.6 is 0 Å². The van der Waals surface area contributed by atoms with Gasteiger partial charge in [-0.05, 0) is 55.5 Å². The van der Waals surface area contributed by atoms with Crippen molar-refractivity contribution >= 4 is 11.4 Å². The van der Waals surface area contributed by atoms with E-state index in [1.54, 1.807) is 6.92 Å². The summed E-state index contributed by atoms with van der Waals surface area (Å²) in [5.41, 5.74) is 16.7. The van der Waals surface area contributed by atoms with Crippen LogP contribution in [0.1, 0.15) is 34.7 Å². The molecule has 2 rings (SSSR count). The van der Waals surface area contributed by atoms with Gasteiger partial charge in [0.05, 0.1) is 0 Å². The lowest BCUT2D eigenvalue weighted by Crippen LogP contribution is -2.26. The predicted octanol–water partition coefficient (Wildman–Crippen LogP) is 3.03. The number of hydrogen-bond donors (Lipinski definition) is 3. The van der Waals surface area contributed by atoms with E-state index in [-0.39, 0.29) is 0 Å². The molecule has 20 heavy (non-hydrogen) atoms. The molecule has 0 saturated carbocycles. The van der Waals surface area contributed by atoms with Crippen LogP contribution in [0.2, 0.25) is 0 Å². The van der Waals surface area contributed by atoms with Crippen LogP contribution in [-0.4, -0.2) is 5.11 Å². The van der Waals surface area contributed by atoms with Gasteiger partial charge in [-0.3, -0.25) is 0 Å². The van der Waals surface area contributed by atoms with Gasteiger partial charge in [-0.2, -0.15) is 0 Å². The van der Waals surface area contributed by atoms with Crippen LogP contribution in [0.5, 0.6) is 0 Å². The molecule has 3 heteroatoms. The summed E-state index contributed by atoms with van der Waals surface area (Å²) in [5, 5.41) is 11.0. The Morgan fingerprint density at radius 2 is 1.30 bits per heavy atom. The summed E-state index contributed by atoms with van der Waals surface area (Å²) in [6.45, 7) is 7.56. The van der Waals surface area contributed by atoms with Crippen molar-refractivity contribution in [1.82, 2.24) is 0 Å². The number of nitrogens with two attached hydrogens (primary N) is 2. The van der Waals surface area contributed by atoms with Crippen LogP contribution < -0.4 is 11.5 Å². The highest BCUT2D eigenvalue weighted by Crippen LogP contribution is 2.40. The van der Waals surface area contributed by atoms with E-state index in [1.807, 2.05) is 51.1 Å². The first-order valence-corrected chi connectivity index (χ1v) is 6.71. The van der Waals surface area contributed by atoms with Crippen molar-refractivity contribution in [3.63, 3.8) is 0 Å². The molecule has 0 aliphatic carbocycles. The molecule has 0 fully saturated rings. The molecule has 106 valence electrons. The van der Waals surface area contributed by atoms with Crippen LogP contribution in [0.25, 0.3) is 0 Å². The van der Waals surface area contributed by atoms with Crippen LogP contribution in [0, 0.1) is 20.8 Å². The van der Waals surface area contributed by atoms with Crippen LogP contribution in [0.4, 0.5) is 11.4 Å². The van der Waals surface area contributed by atoms with Gasteiger partial charge in [-0.1, -0.05) is 30.3 Å². The quantitative estimate of drug-likeness (QED) is 0.734. The molecule has 0 bridgehead atoms. The molecule has 0 aliphatic heterocycles. The molecule has 0 radical (unpaired) electrons. The molecule has 0 aromatic heterocycles. The molecule has 3 nitrogen and oxygen atoms in total.